The molecule has 0 heterocycles. The summed E-state index contributed by atoms with van der Waals surface area (Å²) < 4.78 is 0. The van der Waals surface area contributed by atoms with Crippen molar-refractivity contribution in [2.75, 3.05) is 16.8 Å². The van der Waals surface area contributed by atoms with E-state index in [1.54, 1.807) is 0 Å². The van der Waals surface area contributed by atoms with Crippen LogP contribution in [0.5, 0.6) is 0 Å². The van der Waals surface area contributed by atoms with Gasteiger partial charge in [-0.25, -0.2) is 0 Å². The summed E-state index contributed by atoms with van der Waals surface area (Å²) in [7, 11) is 2.09. The summed E-state index contributed by atoms with van der Waals surface area (Å²) in [6.07, 6.45) is 0. The lowest BCUT2D eigenvalue weighted by Crippen LogP contribution is -2.11. The quantitative estimate of drug-likeness (QED) is 0.385. The van der Waals surface area contributed by atoms with Gasteiger partial charge in [-0.15, -0.1) is 0 Å². The Kier molecular flexibility index (Phi) is 4.88. The van der Waals surface area contributed by atoms with Crippen molar-refractivity contribution in [1.82, 2.24) is 0 Å². The highest BCUT2D eigenvalue weighted by molar-refractivity contribution is 5.77. The van der Waals surface area contributed by atoms with Crippen LogP contribution in [-0.4, -0.2) is 7.05 Å². The molecule has 0 atom stereocenters. The van der Waals surface area contributed by atoms with Gasteiger partial charge in [0.05, 0.1) is 0 Å². The molecule has 0 aliphatic carbocycles. The molecule has 0 amide bonds. The van der Waals surface area contributed by atoms with Crippen LogP contribution >= 0.6 is 0 Å². The van der Waals surface area contributed by atoms with Gasteiger partial charge >= 0.3 is 0 Å². The molecule has 0 aliphatic heterocycles. The van der Waals surface area contributed by atoms with Gasteiger partial charge in [-0.3, -0.25) is 0 Å². The topological polar surface area (TPSA) is 6.48 Å². The smallest absolute Gasteiger partial charge is 0.0463 e. The molecule has 0 saturated heterocycles. The first kappa shape index (κ1) is 16.9. The fraction of sp³-hybridized carbons (Fsp3) is 0.0400. The molecule has 0 aromatic heterocycles. The van der Waals surface area contributed by atoms with E-state index in [-0.39, 0.29) is 0 Å². The molecule has 0 bridgehead atoms. The molecule has 0 radical (unpaired) electrons. The fourth-order valence-electron chi connectivity index (χ4n) is 3.23. The van der Waals surface area contributed by atoms with Gasteiger partial charge in [0.1, 0.15) is 0 Å². The van der Waals surface area contributed by atoms with Crippen LogP contribution < -0.4 is 9.80 Å². The molecule has 132 valence electrons. The second kappa shape index (κ2) is 7.79. The number of hydrogen-bond donors (Lipinski definition) is 0. The number of hydrogen-bond acceptors (Lipinski definition) is 2. The number of rotatable bonds is 5. The molecule has 2 heteroatoms. The van der Waals surface area contributed by atoms with Crippen LogP contribution in [-0.2, 0) is 0 Å². The Morgan fingerprint density at radius 3 is 1.11 bits per heavy atom. The largest absolute Gasteiger partial charge is 0.345 e. The molecular weight excluding hydrogens is 328 g/mol. The summed E-state index contributed by atoms with van der Waals surface area (Å²) in [6, 6.07) is 40.0. The zero-order chi connectivity index (χ0) is 18.5. The highest BCUT2D eigenvalue weighted by Gasteiger charge is 2.12. The first-order valence-electron chi connectivity index (χ1n) is 9.12. The fourth-order valence-corrected chi connectivity index (χ4v) is 3.23. The van der Waals surface area contributed by atoms with Crippen molar-refractivity contribution >= 4 is 28.4 Å². The number of anilines is 5. The van der Waals surface area contributed by atoms with Crippen LogP contribution in [0.3, 0.4) is 0 Å². The minimum atomic E-state index is 1.14. The Balaban J connectivity index is 1.69. The summed E-state index contributed by atoms with van der Waals surface area (Å²) in [5, 5.41) is 0. The third-order valence-electron chi connectivity index (χ3n) is 4.67. The van der Waals surface area contributed by atoms with E-state index in [4.69, 9.17) is 0 Å². The standard InChI is InChI=1S/C25H22N2/c1-26(21-11-5-2-6-12-21)22-17-19-25(20-18-22)27(23-13-7-3-8-14-23)24-15-9-4-10-16-24/h2-20H,1H3. The van der Waals surface area contributed by atoms with E-state index in [1.165, 1.54) is 5.69 Å². The van der Waals surface area contributed by atoms with Crippen molar-refractivity contribution in [3.8, 4) is 0 Å². The Labute approximate surface area is 160 Å². The first-order valence-corrected chi connectivity index (χ1v) is 9.12. The van der Waals surface area contributed by atoms with E-state index in [2.05, 4.69) is 114 Å². The molecule has 4 rings (SSSR count). The molecule has 0 N–H and O–H groups in total. The highest BCUT2D eigenvalue weighted by Crippen LogP contribution is 2.35. The molecule has 0 spiro atoms. The number of nitrogens with zero attached hydrogens (tertiary/aromatic N) is 2. The zero-order valence-corrected chi connectivity index (χ0v) is 15.4. The lowest BCUT2D eigenvalue weighted by molar-refractivity contribution is 1.20. The maximum absolute atomic E-state index is 2.27. The lowest BCUT2D eigenvalue weighted by atomic mass is 10.1. The summed E-state index contributed by atoms with van der Waals surface area (Å²) in [6.45, 7) is 0. The van der Waals surface area contributed by atoms with E-state index >= 15 is 0 Å². The second-order valence-corrected chi connectivity index (χ2v) is 6.42. The van der Waals surface area contributed by atoms with Crippen molar-refractivity contribution < 1.29 is 0 Å². The number of benzene rings is 4. The molecule has 0 fully saturated rings. The van der Waals surface area contributed by atoms with Crippen LogP contribution in [0.25, 0.3) is 0 Å². The molecule has 0 unspecified atom stereocenters. The van der Waals surface area contributed by atoms with Crippen molar-refractivity contribution in [2.24, 2.45) is 0 Å². The van der Waals surface area contributed by atoms with Gasteiger partial charge in [-0.2, -0.15) is 0 Å². The summed E-state index contributed by atoms with van der Waals surface area (Å²) in [5.74, 6) is 0. The van der Waals surface area contributed by atoms with Crippen LogP contribution in [0.15, 0.2) is 115 Å². The Bertz CT molecular complexity index is 925. The normalized spacial score (nSPS) is 10.4. The van der Waals surface area contributed by atoms with Gasteiger partial charge in [-0.05, 0) is 60.7 Å². The zero-order valence-electron chi connectivity index (χ0n) is 15.4. The Morgan fingerprint density at radius 2 is 0.667 bits per heavy atom. The van der Waals surface area contributed by atoms with Gasteiger partial charge in [0.25, 0.3) is 0 Å². The van der Waals surface area contributed by atoms with Crippen molar-refractivity contribution in [3.63, 3.8) is 0 Å². The maximum Gasteiger partial charge on any atom is 0.0463 e. The summed E-state index contributed by atoms with van der Waals surface area (Å²) in [4.78, 5) is 4.46. The molecule has 0 saturated carbocycles. The van der Waals surface area contributed by atoms with Crippen LogP contribution in [0, 0.1) is 0 Å². The minimum Gasteiger partial charge on any atom is -0.345 e. The van der Waals surface area contributed by atoms with Gasteiger partial charge < -0.3 is 9.80 Å². The first-order chi connectivity index (χ1) is 13.3. The lowest BCUT2D eigenvalue weighted by Gasteiger charge is -2.26. The van der Waals surface area contributed by atoms with Crippen molar-refractivity contribution in [3.05, 3.63) is 115 Å². The summed E-state index contributed by atoms with van der Waals surface area (Å²) in [5.41, 5.74) is 5.76. The van der Waals surface area contributed by atoms with E-state index in [9.17, 15) is 0 Å². The van der Waals surface area contributed by atoms with Crippen LogP contribution in [0.1, 0.15) is 0 Å². The monoisotopic (exact) mass is 350 g/mol. The van der Waals surface area contributed by atoms with Gasteiger partial charge in [-0.1, -0.05) is 54.6 Å². The molecule has 27 heavy (non-hydrogen) atoms. The van der Waals surface area contributed by atoms with Crippen LogP contribution in [0.4, 0.5) is 28.4 Å². The highest BCUT2D eigenvalue weighted by atomic mass is 15.1. The average molecular weight is 350 g/mol. The number of para-hydroxylation sites is 3. The van der Waals surface area contributed by atoms with E-state index < -0.39 is 0 Å². The molecule has 4 aromatic rings. The van der Waals surface area contributed by atoms with Gasteiger partial charge in [0.15, 0.2) is 0 Å². The van der Waals surface area contributed by atoms with E-state index in [1.807, 2.05) is 18.2 Å². The Hall–Kier alpha value is -3.52. The minimum absolute atomic E-state index is 1.14. The maximum atomic E-state index is 2.27. The molecule has 0 aliphatic rings. The third kappa shape index (κ3) is 3.70. The van der Waals surface area contributed by atoms with E-state index in [0.29, 0.717) is 0 Å². The van der Waals surface area contributed by atoms with Gasteiger partial charge in [0.2, 0.25) is 0 Å². The summed E-state index contributed by atoms with van der Waals surface area (Å²) >= 11 is 0. The second-order valence-electron chi connectivity index (χ2n) is 6.42. The Morgan fingerprint density at radius 1 is 0.370 bits per heavy atom. The predicted octanol–water partition coefficient (Wildman–Crippen LogP) is 6.92. The molecular formula is C25H22N2. The predicted molar refractivity (Wildman–Crippen MR) is 116 cm³/mol. The molecule has 2 nitrogen and oxygen atoms in total. The third-order valence-corrected chi connectivity index (χ3v) is 4.67. The van der Waals surface area contributed by atoms with Gasteiger partial charge in [0, 0.05) is 35.5 Å². The van der Waals surface area contributed by atoms with E-state index in [0.717, 1.165) is 22.7 Å². The van der Waals surface area contributed by atoms with Crippen molar-refractivity contribution in [1.29, 1.82) is 0 Å². The van der Waals surface area contributed by atoms with Crippen LogP contribution in [0.2, 0.25) is 0 Å². The SMILES string of the molecule is CN(c1ccccc1)c1ccc(N(c2ccccc2)c2ccccc2)cc1. The molecule has 4 aromatic carbocycles. The van der Waals surface area contributed by atoms with Crippen molar-refractivity contribution in [2.45, 2.75) is 0 Å². The average Bonchev–Trinajstić information content (AvgIpc) is 2.76.